The lowest BCUT2D eigenvalue weighted by atomic mass is 9.97. The number of allylic oxidation sites excluding steroid dienone is 3. The molecule has 0 amide bonds. The van der Waals surface area contributed by atoms with Gasteiger partial charge in [0.05, 0.1) is 14.2 Å². The van der Waals surface area contributed by atoms with E-state index >= 15 is 0 Å². The number of benzene rings is 1. The number of phenols is 1. The first-order valence-corrected chi connectivity index (χ1v) is 7.27. The molecule has 0 aromatic heterocycles. The number of carbonyl (C=O) groups excluding carboxylic acids is 1. The average Bonchev–Trinajstić information content (AvgIpc) is 2.50. The van der Waals surface area contributed by atoms with Gasteiger partial charge in [-0.1, -0.05) is 30.7 Å². The van der Waals surface area contributed by atoms with Gasteiger partial charge in [-0.25, -0.2) is 4.79 Å². The van der Waals surface area contributed by atoms with Gasteiger partial charge in [0, 0.05) is 5.56 Å². The Balaban J connectivity index is 3.55. The largest absolute Gasteiger partial charge is 0.507 e. The lowest BCUT2D eigenvalue weighted by Gasteiger charge is -2.15. The summed E-state index contributed by atoms with van der Waals surface area (Å²) in [5.41, 5.74) is 2.46. The number of phenolic OH excluding ortho intramolecular Hbond substituents is 1. The van der Waals surface area contributed by atoms with Crippen molar-refractivity contribution in [2.24, 2.45) is 0 Å². The van der Waals surface area contributed by atoms with Crippen molar-refractivity contribution in [3.63, 3.8) is 0 Å². The summed E-state index contributed by atoms with van der Waals surface area (Å²) in [6.45, 7) is 5.95. The molecule has 0 saturated heterocycles. The molecule has 0 unspecified atom stereocenters. The highest BCUT2D eigenvalue weighted by molar-refractivity contribution is 5.97. The molecule has 4 heteroatoms. The SMILES string of the molecule is CCC=Cc1cc(OC)c(CC=C(C)C)c(O)c1C(=O)OC. The molecule has 4 nitrogen and oxygen atoms in total. The number of rotatable bonds is 6. The fourth-order valence-corrected chi connectivity index (χ4v) is 2.08. The lowest BCUT2D eigenvalue weighted by Crippen LogP contribution is -2.07. The van der Waals surface area contributed by atoms with Gasteiger partial charge in [-0.2, -0.15) is 0 Å². The zero-order chi connectivity index (χ0) is 16.7. The third-order valence-corrected chi connectivity index (χ3v) is 3.25. The van der Waals surface area contributed by atoms with Crippen LogP contribution in [0.25, 0.3) is 6.08 Å². The number of hydrogen-bond donors (Lipinski definition) is 1. The molecular formula is C18H24O4. The van der Waals surface area contributed by atoms with E-state index in [-0.39, 0.29) is 11.3 Å². The minimum absolute atomic E-state index is 0.0838. The summed E-state index contributed by atoms with van der Waals surface area (Å²) in [5, 5.41) is 10.6. The molecular weight excluding hydrogens is 280 g/mol. The molecule has 1 aromatic carbocycles. The highest BCUT2D eigenvalue weighted by Gasteiger charge is 2.22. The van der Waals surface area contributed by atoms with Gasteiger partial charge in [0.15, 0.2) is 0 Å². The zero-order valence-corrected chi connectivity index (χ0v) is 13.9. The van der Waals surface area contributed by atoms with Crippen molar-refractivity contribution >= 4 is 12.0 Å². The van der Waals surface area contributed by atoms with Gasteiger partial charge in [-0.05, 0) is 38.3 Å². The number of esters is 1. The van der Waals surface area contributed by atoms with Crippen LogP contribution >= 0.6 is 0 Å². The molecule has 0 fully saturated rings. The van der Waals surface area contributed by atoms with Crippen molar-refractivity contribution in [2.75, 3.05) is 14.2 Å². The summed E-state index contributed by atoms with van der Waals surface area (Å²) in [6, 6.07) is 1.76. The Morgan fingerprint density at radius 2 is 2.00 bits per heavy atom. The van der Waals surface area contributed by atoms with Crippen molar-refractivity contribution in [3.05, 3.63) is 40.5 Å². The third kappa shape index (κ3) is 4.13. The van der Waals surface area contributed by atoms with Gasteiger partial charge in [0.1, 0.15) is 17.1 Å². The van der Waals surface area contributed by atoms with E-state index in [1.54, 1.807) is 19.3 Å². The molecule has 0 radical (unpaired) electrons. The minimum atomic E-state index is -0.561. The van der Waals surface area contributed by atoms with Crippen LogP contribution in [0.3, 0.4) is 0 Å². The third-order valence-electron chi connectivity index (χ3n) is 3.25. The van der Waals surface area contributed by atoms with Crippen LogP contribution in [0.5, 0.6) is 11.5 Å². The van der Waals surface area contributed by atoms with Crippen LogP contribution in [0, 0.1) is 0 Å². The van der Waals surface area contributed by atoms with Crippen LogP contribution in [0.15, 0.2) is 23.8 Å². The average molecular weight is 304 g/mol. The van der Waals surface area contributed by atoms with E-state index in [1.165, 1.54) is 7.11 Å². The molecule has 1 N–H and O–H groups in total. The topological polar surface area (TPSA) is 55.8 Å². The predicted octanol–water partition coefficient (Wildman–Crippen LogP) is 4.12. The maximum absolute atomic E-state index is 12.0. The van der Waals surface area contributed by atoms with E-state index in [1.807, 2.05) is 32.9 Å². The Labute approximate surface area is 132 Å². The van der Waals surface area contributed by atoms with Crippen molar-refractivity contribution in [1.29, 1.82) is 0 Å². The second kappa shape index (κ2) is 8.27. The minimum Gasteiger partial charge on any atom is -0.507 e. The Morgan fingerprint density at radius 3 is 2.50 bits per heavy atom. The fourth-order valence-electron chi connectivity index (χ4n) is 2.08. The van der Waals surface area contributed by atoms with Crippen LogP contribution in [-0.2, 0) is 11.2 Å². The highest BCUT2D eigenvalue weighted by atomic mass is 16.5. The molecule has 0 heterocycles. The summed E-state index contributed by atoms with van der Waals surface area (Å²) < 4.78 is 10.2. The zero-order valence-electron chi connectivity index (χ0n) is 13.9. The molecule has 22 heavy (non-hydrogen) atoms. The van der Waals surface area contributed by atoms with Crippen molar-refractivity contribution < 1.29 is 19.4 Å². The Kier molecular flexibility index (Phi) is 6.70. The summed E-state index contributed by atoms with van der Waals surface area (Å²) >= 11 is 0. The summed E-state index contributed by atoms with van der Waals surface area (Å²) in [6.07, 6.45) is 6.98. The van der Waals surface area contributed by atoms with Gasteiger partial charge < -0.3 is 14.6 Å². The summed E-state index contributed by atoms with van der Waals surface area (Å²) in [4.78, 5) is 12.0. The van der Waals surface area contributed by atoms with E-state index in [0.29, 0.717) is 23.3 Å². The van der Waals surface area contributed by atoms with Gasteiger partial charge in [-0.3, -0.25) is 0 Å². The number of hydrogen-bond acceptors (Lipinski definition) is 4. The molecule has 0 saturated carbocycles. The molecule has 0 aliphatic carbocycles. The Morgan fingerprint density at radius 1 is 1.32 bits per heavy atom. The molecule has 0 aliphatic rings. The second-order valence-electron chi connectivity index (χ2n) is 5.16. The Bertz CT molecular complexity index is 594. The predicted molar refractivity (Wildman–Crippen MR) is 88.5 cm³/mol. The van der Waals surface area contributed by atoms with E-state index in [2.05, 4.69) is 0 Å². The smallest absolute Gasteiger partial charge is 0.342 e. The van der Waals surface area contributed by atoms with Gasteiger partial charge in [0.25, 0.3) is 0 Å². The van der Waals surface area contributed by atoms with Crippen molar-refractivity contribution in [1.82, 2.24) is 0 Å². The summed E-state index contributed by atoms with van der Waals surface area (Å²) in [7, 11) is 2.85. The quantitative estimate of drug-likeness (QED) is 0.634. The van der Waals surface area contributed by atoms with E-state index in [9.17, 15) is 9.90 Å². The first-order chi connectivity index (χ1) is 10.5. The summed E-state index contributed by atoms with van der Waals surface area (Å²) in [5.74, 6) is -0.0905. The second-order valence-corrected chi connectivity index (χ2v) is 5.16. The first kappa shape index (κ1) is 17.8. The maximum Gasteiger partial charge on any atom is 0.342 e. The molecule has 0 atom stereocenters. The van der Waals surface area contributed by atoms with Crippen molar-refractivity contribution in [3.8, 4) is 11.5 Å². The van der Waals surface area contributed by atoms with E-state index in [0.717, 1.165) is 12.0 Å². The van der Waals surface area contributed by atoms with Crippen molar-refractivity contribution in [2.45, 2.75) is 33.6 Å². The van der Waals surface area contributed by atoms with E-state index in [4.69, 9.17) is 9.47 Å². The standard InChI is InChI=1S/C18H24O4/c1-6-7-8-13-11-15(21-4)14(10-9-12(2)3)17(19)16(13)18(20)22-5/h7-9,11,19H,6,10H2,1-5H3. The number of carbonyl (C=O) groups is 1. The highest BCUT2D eigenvalue weighted by Crippen LogP contribution is 2.36. The molecule has 0 aliphatic heterocycles. The van der Waals surface area contributed by atoms with Gasteiger partial charge >= 0.3 is 5.97 Å². The van der Waals surface area contributed by atoms with Gasteiger partial charge in [-0.15, -0.1) is 0 Å². The molecule has 1 aromatic rings. The van der Waals surface area contributed by atoms with Crippen LogP contribution in [-0.4, -0.2) is 25.3 Å². The fraction of sp³-hybridized carbons (Fsp3) is 0.389. The monoisotopic (exact) mass is 304 g/mol. The molecule has 1 rings (SSSR count). The Hall–Kier alpha value is -2.23. The molecule has 0 bridgehead atoms. The molecule has 120 valence electrons. The normalized spacial score (nSPS) is 10.6. The van der Waals surface area contributed by atoms with Crippen LogP contribution < -0.4 is 4.74 Å². The number of ether oxygens (including phenoxy) is 2. The maximum atomic E-state index is 12.0. The van der Waals surface area contributed by atoms with E-state index < -0.39 is 5.97 Å². The van der Waals surface area contributed by atoms with Crippen LogP contribution in [0.2, 0.25) is 0 Å². The molecule has 0 spiro atoms. The number of aromatic hydroxyl groups is 1. The van der Waals surface area contributed by atoms with Crippen LogP contribution in [0.1, 0.15) is 48.7 Å². The van der Waals surface area contributed by atoms with Gasteiger partial charge in [0.2, 0.25) is 0 Å². The first-order valence-electron chi connectivity index (χ1n) is 7.27. The van der Waals surface area contributed by atoms with Crippen LogP contribution in [0.4, 0.5) is 0 Å². The number of methoxy groups -OCH3 is 2. The lowest BCUT2D eigenvalue weighted by molar-refractivity contribution is 0.0597.